The Morgan fingerprint density at radius 2 is 1.81 bits per heavy atom. The number of likely N-dealkylation sites (tertiary alicyclic amines) is 1. The molecule has 1 aromatic heterocycles. The minimum absolute atomic E-state index is 0.110. The highest BCUT2D eigenvalue weighted by atomic mass is 16.5. The number of nitrogens with one attached hydrogen (secondary N) is 1. The van der Waals surface area contributed by atoms with E-state index in [1.807, 2.05) is 103 Å². The highest BCUT2D eigenvalue weighted by Crippen LogP contribution is 2.32. The Morgan fingerprint density at radius 1 is 1.14 bits per heavy atom. The lowest BCUT2D eigenvalue weighted by atomic mass is 9.96. The van der Waals surface area contributed by atoms with Crippen LogP contribution in [0.15, 0.2) is 30.5 Å². The zero-order chi connectivity index (χ0) is 32.0. The van der Waals surface area contributed by atoms with E-state index in [1.54, 1.807) is 6.20 Å². The summed E-state index contributed by atoms with van der Waals surface area (Å²) in [6.07, 6.45) is 1.14. The lowest BCUT2D eigenvalue weighted by Crippen LogP contribution is -2.49. The predicted molar refractivity (Wildman–Crippen MR) is 168 cm³/mol. The number of aliphatic hydroxyl groups is 2. The number of hydrogen-bond donors (Lipinski definition) is 3. The van der Waals surface area contributed by atoms with Crippen LogP contribution in [0, 0.1) is 11.8 Å². The maximum Gasteiger partial charge on any atom is 0.243 e. The minimum atomic E-state index is -0.802. The molecule has 3 N–H and O–H groups in total. The number of aliphatic hydroxyl groups excluding tert-OH is 2. The van der Waals surface area contributed by atoms with Crippen LogP contribution in [0.5, 0.6) is 5.75 Å². The number of benzene rings is 1. The number of carbonyl (C=O) groups excluding carboxylic acids is 2. The topological polar surface area (TPSA) is 120 Å². The van der Waals surface area contributed by atoms with Crippen molar-refractivity contribution < 1.29 is 24.5 Å². The molecule has 2 aromatic rings. The molecule has 0 bridgehead atoms. The first-order valence-corrected chi connectivity index (χ1v) is 15.4. The molecule has 3 rings (SSSR count). The second-order valence-electron chi connectivity index (χ2n) is 10.6. The third-order valence-electron chi connectivity index (χ3n) is 7.25. The number of amides is 2. The van der Waals surface area contributed by atoms with Crippen LogP contribution in [0.25, 0.3) is 11.3 Å². The maximum atomic E-state index is 13.4. The molecule has 1 fully saturated rings. The summed E-state index contributed by atoms with van der Waals surface area (Å²) in [5.74, 6) is -0.164. The summed E-state index contributed by atoms with van der Waals surface area (Å²) in [5, 5.41) is 27.9. The first-order valence-electron chi connectivity index (χ1n) is 15.4. The molecular formula is C32H55N5O5. The number of rotatable bonds is 12. The predicted octanol–water partition coefficient (Wildman–Crippen LogP) is 3.97. The lowest BCUT2D eigenvalue weighted by molar-refractivity contribution is -0.142. The number of aromatic nitrogens is 2. The Kier molecular flexibility index (Phi) is 16.4. The quantitative estimate of drug-likeness (QED) is 0.343. The summed E-state index contributed by atoms with van der Waals surface area (Å²) in [7, 11) is 3.92. The number of nitrogens with zero attached hydrogens (tertiary/aromatic N) is 4. The number of ether oxygens (including phenoxy) is 1. The third kappa shape index (κ3) is 9.81. The van der Waals surface area contributed by atoms with Crippen LogP contribution in [0.2, 0.25) is 0 Å². The van der Waals surface area contributed by atoms with E-state index in [4.69, 9.17) is 4.74 Å². The van der Waals surface area contributed by atoms with Crippen molar-refractivity contribution in [2.45, 2.75) is 86.5 Å². The third-order valence-corrected chi connectivity index (χ3v) is 7.25. The van der Waals surface area contributed by atoms with E-state index in [-0.39, 0.29) is 37.3 Å². The average molecular weight is 590 g/mol. The molecule has 2 amide bonds. The Balaban J connectivity index is 0.00000211. The van der Waals surface area contributed by atoms with Gasteiger partial charge >= 0.3 is 0 Å². The Bertz CT molecular complexity index is 1090. The van der Waals surface area contributed by atoms with Crippen molar-refractivity contribution in [2.24, 2.45) is 11.8 Å². The normalized spacial score (nSPS) is 17.6. The van der Waals surface area contributed by atoms with Gasteiger partial charge in [-0.1, -0.05) is 60.6 Å². The Hall–Kier alpha value is -2.95. The van der Waals surface area contributed by atoms with Gasteiger partial charge in [-0.3, -0.25) is 14.3 Å². The lowest BCUT2D eigenvalue weighted by Gasteiger charge is -2.29. The van der Waals surface area contributed by atoms with Crippen LogP contribution in [0.1, 0.15) is 73.4 Å². The van der Waals surface area contributed by atoms with Gasteiger partial charge in [-0.05, 0) is 39.1 Å². The van der Waals surface area contributed by atoms with Crippen LogP contribution in [0.4, 0.5) is 0 Å². The molecule has 4 unspecified atom stereocenters. The largest absolute Gasteiger partial charge is 0.492 e. The molecule has 4 atom stereocenters. The van der Waals surface area contributed by atoms with Crippen molar-refractivity contribution in [1.82, 2.24) is 24.9 Å². The molecule has 10 heteroatoms. The zero-order valence-corrected chi connectivity index (χ0v) is 27.4. The Morgan fingerprint density at radius 3 is 2.38 bits per heavy atom. The standard InChI is InChI=1S/C28H43N5O5.2C2H6/c1-7-33-24(10-11-29-33)20-8-9-22(26(14-20)38-13-12-31(5)6)23(17-34)30-27(36)25-15-21(35)16-32(25)28(37)19(4)18(2)3;2*1-2/h8-11,14,18-19,21,23,25,34-35H,7,12-13,15-17H2,1-6H3,(H,30,36);2*1-2H3. The maximum absolute atomic E-state index is 13.4. The van der Waals surface area contributed by atoms with Crippen molar-refractivity contribution in [2.75, 3.05) is 40.4 Å². The molecule has 0 saturated carbocycles. The smallest absolute Gasteiger partial charge is 0.243 e. The van der Waals surface area contributed by atoms with E-state index in [9.17, 15) is 19.8 Å². The fourth-order valence-electron chi connectivity index (χ4n) is 4.62. The van der Waals surface area contributed by atoms with Gasteiger partial charge in [-0.15, -0.1) is 0 Å². The van der Waals surface area contributed by atoms with Gasteiger partial charge in [0, 0.05) is 49.3 Å². The van der Waals surface area contributed by atoms with E-state index < -0.39 is 24.1 Å². The molecule has 238 valence electrons. The zero-order valence-electron chi connectivity index (χ0n) is 27.4. The molecule has 1 aromatic carbocycles. The molecule has 1 aliphatic rings. The fraction of sp³-hybridized carbons (Fsp3) is 0.656. The number of β-amino-alcohol motifs (C(OH)–C–C–N with tert-alkyl or cyclic N) is 1. The molecule has 1 saturated heterocycles. The van der Waals surface area contributed by atoms with Crippen LogP contribution in [0.3, 0.4) is 0 Å². The first-order chi connectivity index (χ1) is 20.1. The number of carbonyl (C=O) groups is 2. The van der Waals surface area contributed by atoms with Gasteiger partial charge in [0.15, 0.2) is 0 Å². The van der Waals surface area contributed by atoms with Crippen LogP contribution in [-0.2, 0) is 16.1 Å². The van der Waals surface area contributed by atoms with E-state index in [0.717, 1.165) is 11.3 Å². The summed E-state index contributed by atoms with van der Waals surface area (Å²) in [4.78, 5) is 29.9. The van der Waals surface area contributed by atoms with Crippen molar-refractivity contribution in [3.05, 3.63) is 36.0 Å². The first kappa shape index (κ1) is 37.1. The van der Waals surface area contributed by atoms with E-state index >= 15 is 0 Å². The fourth-order valence-corrected chi connectivity index (χ4v) is 4.62. The number of likely N-dealkylation sites (N-methyl/N-ethyl adjacent to an activating group) is 1. The Labute approximate surface area is 253 Å². The van der Waals surface area contributed by atoms with Gasteiger partial charge in [-0.2, -0.15) is 5.10 Å². The summed E-state index contributed by atoms with van der Waals surface area (Å²) >= 11 is 0. The molecule has 0 aliphatic carbocycles. The molecule has 0 radical (unpaired) electrons. The van der Waals surface area contributed by atoms with Crippen molar-refractivity contribution in [3.8, 4) is 17.0 Å². The highest BCUT2D eigenvalue weighted by molar-refractivity contribution is 5.89. The summed E-state index contributed by atoms with van der Waals surface area (Å²) < 4.78 is 8.03. The van der Waals surface area contributed by atoms with Crippen LogP contribution >= 0.6 is 0 Å². The van der Waals surface area contributed by atoms with Crippen molar-refractivity contribution >= 4 is 11.8 Å². The summed E-state index contributed by atoms with van der Waals surface area (Å²) in [5.41, 5.74) is 2.49. The molecular weight excluding hydrogens is 534 g/mol. The van der Waals surface area contributed by atoms with Gasteiger partial charge < -0.3 is 30.1 Å². The summed E-state index contributed by atoms with van der Waals surface area (Å²) in [6, 6.07) is 6.06. The van der Waals surface area contributed by atoms with Gasteiger partial charge in [0.25, 0.3) is 0 Å². The van der Waals surface area contributed by atoms with Crippen LogP contribution < -0.4 is 10.1 Å². The second kappa shape index (κ2) is 18.6. The van der Waals surface area contributed by atoms with E-state index in [0.29, 0.717) is 31.0 Å². The molecule has 2 heterocycles. The van der Waals surface area contributed by atoms with E-state index in [2.05, 4.69) is 10.4 Å². The molecule has 0 spiro atoms. The van der Waals surface area contributed by atoms with Gasteiger partial charge in [-0.25, -0.2) is 0 Å². The molecule has 10 nitrogen and oxygen atoms in total. The van der Waals surface area contributed by atoms with Crippen molar-refractivity contribution in [1.29, 1.82) is 0 Å². The van der Waals surface area contributed by atoms with E-state index in [1.165, 1.54) is 4.90 Å². The minimum Gasteiger partial charge on any atom is -0.492 e. The highest BCUT2D eigenvalue weighted by Gasteiger charge is 2.41. The summed E-state index contributed by atoms with van der Waals surface area (Å²) in [6.45, 7) is 17.4. The van der Waals surface area contributed by atoms with Crippen molar-refractivity contribution in [3.63, 3.8) is 0 Å². The van der Waals surface area contributed by atoms with Gasteiger partial charge in [0.2, 0.25) is 11.8 Å². The van der Waals surface area contributed by atoms with Gasteiger partial charge in [0.05, 0.1) is 24.4 Å². The SMILES string of the molecule is CC.CC.CCn1nccc1-c1ccc(C(CO)NC(=O)C2CC(O)CN2C(=O)C(C)C(C)C)c(OCCN(C)C)c1. The molecule has 1 aliphatic heterocycles. The second-order valence-corrected chi connectivity index (χ2v) is 10.6. The van der Waals surface area contributed by atoms with Crippen LogP contribution in [-0.4, -0.2) is 94.2 Å². The number of aryl methyl sites for hydroxylation is 1. The average Bonchev–Trinajstić information content (AvgIpc) is 3.63. The molecule has 42 heavy (non-hydrogen) atoms. The number of hydrogen-bond acceptors (Lipinski definition) is 7. The van der Waals surface area contributed by atoms with Gasteiger partial charge in [0.1, 0.15) is 18.4 Å². The monoisotopic (exact) mass is 589 g/mol.